The maximum atomic E-state index is 14.1. The molecular weight excluding hydrogens is 413 g/mol. The third-order valence-electron chi connectivity index (χ3n) is 6.74. The van der Waals surface area contributed by atoms with Crippen LogP contribution in [-0.2, 0) is 11.2 Å². The van der Waals surface area contributed by atoms with E-state index >= 15 is 0 Å². The minimum absolute atomic E-state index is 0.174. The lowest BCUT2D eigenvalue weighted by molar-refractivity contribution is -0.132. The molecule has 0 spiro atoms. The molecule has 0 unspecified atom stereocenters. The Labute approximate surface area is 193 Å². The smallest absolute Gasteiger partial charge is 0.222 e. The van der Waals surface area contributed by atoms with Crippen LogP contribution in [0, 0.1) is 12.7 Å². The van der Waals surface area contributed by atoms with Gasteiger partial charge in [-0.2, -0.15) is 0 Å². The Morgan fingerprint density at radius 1 is 1.00 bits per heavy atom. The summed E-state index contributed by atoms with van der Waals surface area (Å²) < 4.78 is 16.3. The van der Waals surface area contributed by atoms with E-state index in [9.17, 15) is 9.18 Å². The molecule has 1 aliphatic heterocycles. The van der Waals surface area contributed by atoms with Gasteiger partial charge in [0.15, 0.2) is 0 Å². The molecule has 5 heteroatoms. The Kier molecular flexibility index (Phi) is 5.95. The number of nitrogens with zero attached hydrogens (tertiary/aromatic N) is 3. The van der Waals surface area contributed by atoms with Crippen LogP contribution < -0.4 is 0 Å². The predicted molar refractivity (Wildman–Crippen MR) is 129 cm³/mol. The van der Waals surface area contributed by atoms with E-state index < -0.39 is 0 Å². The molecule has 4 aromatic rings. The van der Waals surface area contributed by atoms with Crippen LogP contribution in [0.3, 0.4) is 0 Å². The molecule has 1 aliphatic rings. The van der Waals surface area contributed by atoms with Crippen molar-refractivity contribution in [1.82, 2.24) is 14.5 Å². The van der Waals surface area contributed by atoms with Crippen molar-refractivity contribution in [3.8, 4) is 11.4 Å². The average Bonchev–Trinajstić information content (AvgIpc) is 3.22. The fraction of sp³-hybridized carbons (Fsp3) is 0.286. The van der Waals surface area contributed by atoms with Gasteiger partial charge in [0, 0.05) is 31.1 Å². The number of benzene rings is 3. The number of amides is 1. The normalized spacial score (nSPS) is 14.7. The molecule has 0 aliphatic carbocycles. The van der Waals surface area contributed by atoms with E-state index in [1.165, 1.54) is 17.2 Å². The Morgan fingerprint density at radius 3 is 2.48 bits per heavy atom. The monoisotopic (exact) mass is 441 g/mol. The molecule has 2 heterocycles. The first-order valence-corrected chi connectivity index (χ1v) is 11.7. The lowest BCUT2D eigenvalue weighted by atomic mass is 10.0. The second kappa shape index (κ2) is 9.18. The predicted octanol–water partition coefficient (Wildman–Crippen LogP) is 5.95. The number of carbonyl (C=O) groups excluding carboxylic acids is 1. The number of fused-ring (bicyclic) bond motifs is 1. The van der Waals surface area contributed by atoms with E-state index in [1.807, 2.05) is 47.4 Å². The summed E-state index contributed by atoms with van der Waals surface area (Å²) in [6.45, 7) is 3.51. The molecule has 0 atom stereocenters. The number of likely N-dealkylation sites (tertiary alicyclic amines) is 1. The molecule has 0 saturated carbocycles. The van der Waals surface area contributed by atoms with Crippen molar-refractivity contribution in [2.24, 2.45) is 0 Å². The summed E-state index contributed by atoms with van der Waals surface area (Å²) in [5.41, 5.74) is 5.10. The van der Waals surface area contributed by atoms with Crippen molar-refractivity contribution in [2.75, 3.05) is 13.1 Å². The van der Waals surface area contributed by atoms with Crippen LogP contribution >= 0.6 is 0 Å². The first-order chi connectivity index (χ1) is 16.1. The lowest BCUT2D eigenvalue weighted by Gasteiger charge is -2.34. The first kappa shape index (κ1) is 21.4. The molecule has 1 saturated heterocycles. The summed E-state index contributed by atoms with van der Waals surface area (Å²) in [4.78, 5) is 19.7. The Hall–Kier alpha value is -3.47. The largest absolute Gasteiger partial charge is 0.343 e. The van der Waals surface area contributed by atoms with E-state index in [2.05, 4.69) is 23.6 Å². The third-order valence-corrected chi connectivity index (χ3v) is 6.74. The molecule has 0 bridgehead atoms. The van der Waals surface area contributed by atoms with E-state index in [0.29, 0.717) is 19.5 Å². The Bertz CT molecular complexity index is 1270. The highest BCUT2D eigenvalue weighted by molar-refractivity contribution is 5.81. The van der Waals surface area contributed by atoms with Gasteiger partial charge in [-0.05, 0) is 55.5 Å². The molecule has 5 rings (SSSR count). The minimum atomic E-state index is -0.257. The van der Waals surface area contributed by atoms with Crippen LogP contribution in [0.5, 0.6) is 0 Å². The zero-order valence-corrected chi connectivity index (χ0v) is 18.9. The Morgan fingerprint density at radius 2 is 1.73 bits per heavy atom. The first-order valence-electron chi connectivity index (χ1n) is 11.7. The van der Waals surface area contributed by atoms with Crippen LogP contribution in [0.4, 0.5) is 4.39 Å². The average molecular weight is 442 g/mol. The minimum Gasteiger partial charge on any atom is -0.343 e. The molecule has 33 heavy (non-hydrogen) atoms. The molecule has 1 aromatic heterocycles. The van der Waals surface area contributed by atoms with Crippen LogP contribution in [0.1, 0.15) is 36.4 Å². The fourth-order valence-electron chi connectivity index (χ4n) is 4.89. The standard InChI is InChI=1S/C28H28FN3O/c1-20-7-5-6-8-21(20)11-14-27(33)31-17-15-24(16-18-31)32-26-19-23(29)12-13-25(26)30-28(32)22-9-3-2-4-10-22/h2-10,12-13,19,24H,11,14-18H2,1H3. The van der Waals surface area contributed by atoms with Crippen LogP contribution in [0.2, 0.25) is 0 Å². The van der Waals surface area contributed by atoms with Gasteiger partial charge in [0.1, 0.15) is 11.6 Å². The van der Waals surface area contributed by atoms with Crippen molar-refractivity contribution in [3.05, 3.63) is 89.7 Å². The Balaban J connectivity index is 1.33. The molecule has 1 amide bonds. The number of piperidine rings is 1. The van der Waals surface area contributed by atoms with Crippen LogP contribution in [0.25, 0.3) is 22.4 Å². The van der Waals surface area contributed by atoms with Crippen LogP contribution in [0.15, 0.2) is 72.8 Å². The van der Waals surface area contributed by atoms with Gasteiger partial charge in [0.05, 0.1) is 11.0 Å². The maximum Gasteiger partial charge on any atom is 0.222 e. The molecule has 4 nitrogen and oxygen atoms in total. The van der Waals surface area contributed by atoms with Gasteiger partial charge in [-0.3, -0.25) is 4.79 Å². The van der Waals surface area contributed by atoms with Crippen molar-refractivity contribution < 1.29 is 9.18 Å². The maximum absolute atomic E-state index is 14.1. The molecular formula is C28H28FN3O. The second-order valence-corrected chi connectivity index (χ2v) is 8.84. The fourth-order valence-corrected chi connectivity index (χ4v) is 4.89. The number of hydrogen-bond acceptors (Lipinski definition) is 2. The molecule has 168 valence electrons. The number of carbonyl (C=O) groups is 1. The SMILES string of the molecule is Cc1ccccc1CCC(=O)N1CCC(n2c(-c3ccccc3)nc3ccc(F)cc32)CC1. The van der Waals surface area contributed by atoms with E-state index in [1.54, 1.807) is 12.1 Å². The highest BCUT2D eigenvalue weighted by Crippen LogP contribution is 2.33. The number of rotatable bonds is 5. The second-order valence-electron chi connectivity index (χ2n) is 8.84. The van der Waals surface area contributed by atoms with Gasteiger partial charge in [-0.1, -0.05) is 54.6 Å². The van der Waals surface area contributed by atoms with Gasteiger partial charge in [0.2, 0.25) is 5.91 Å². The van der Waals surface area contributed by atoms with Gasteiger partial charge in [0.25, 0.3) is 0 Å². The summed E-state index contributed by atoms with van der Waals surface area (Å²) in [6.07, 6.45) is 2.97. The number of halogens is 1. The molecule has 0 N–H and O–H groups in total. The zero-order valence-electron chi connectivity index (χ0n) is 18.9. The number of imidazole rings is 1. The van der Waals surface area contributed by atoms with Gasteiger partial charge >= 0.3 is 0 Å². The summed E-state index contributed by atoms with van der Waals surface area (Å²) in [5, 5.41) is 0. The molecule has 3 aromatic carbocycles. The quantitative estimate of drug-likeness (QED) is 0.384. The number of aromatic nitrogens is 2. The molecule has 1 fully saturated rings. The van der Waals surface area contributed by atoms with Gasteiger partial charge in [-0.25, -0.2) is 9.37 Å². The highest BCUT2D eigenvalue weighted by Gasteiger charge is 2.27. The van der Waals surface area contributed by atoms with E-state index in [-0.39, 0.29) is 17.8 Å². The summed E-state index contributed by atoms with van der Waals surface area (Å²) in [7, 11) is 0. The van der Waals surface area contributed by atoms with Crippen molar-refractivity contribution in [1.29, 1.82) is 0 Å². The number of hydrogen-bond donors (Lipinski definition) is 0. The van der Waals surface area contributed by atoms with E-state index in [4.69, 9.17) is 4.98 Å². The zero-order chi connectivity index (χ0) is 22.8. The van der Waals surface area contributed by atoms with Crippen molar-refractivity contribution in [3.63, 3.8) is 0 Å². The third kappa shape index (κ3) is 4.40. The lowest BCUT2D eigenvalue weighted by Crippen LogP contribution is -2.39. The number of aryl methyl sites for hydroxylation is 2. The van der Waals surface area contributed by atoms with Crippen molar-refractivity contribution >= 4 is 16.9 Å². The summed E-state index contributed by atoms with van der Waals surface area (Å²) in [6, 6.07) is 23.3. The van der Waals surface area contributed by atoms with E-state index in [0.717, 1.165) is 41.7 Å². The van der Waals surface area contributed by atoms with Gasteiger partial charge in [-0.15, -0.1) is 0 Å². The molecule has 0 radical (unpaired) electrons. The van der Waals surface area contributed by atoms with Crippen molar-refractivity contribution in [2.45, 2.75) is 38.6 Å². The van der Waals surface area contributed by atoms with Crippen LogP contribution in [-0.4, -0.2) is 33.4 Å². The highest BCUT2D eigenvalue weighted by atomic mass is 19.1. The van der Waals surface area contributed by atoms with Gasteiger partial charge < -0.3 is 9.47 Å². The topological polar surface area (TPSA) is 38.1 Å². The summed E-state index contributed by atoms with van der Waals surface area (Å²) in [5.74, 6) is 0.814. The summed E-state index contributed by atoms with van der Waals surface area (Å²) >= 11 is 0.